The van der Waals surface area contributed by atoms with Crippen LogP contribution in [-0.2, 0) is 13.9 Å². The maximum atomic E-state index is 14.0. The molecule has 1 aliphatic heterocycles. The molecule has 0 N–H and O–H groups in total. The first-order valence-electron chi connectivity index (χ1n) is 12.1. The van der Waals surface area contributed by atoms with E-state index in [0.717, 1.165) is 33.6 Å². The number of carbonyl (C=O) groups excluding carboxylic acids is 2. The molecule has 2 bridgehead atoms. The molecule has 8 rings (SSSR count). The van der Waals surface area contributed by atoms with Crippen molar-refractivity contribution in [3.8, 4) is 11.5 Å². The minimum atomic E-state index is -0.741. The van der Waals surface area contributed by atoms with Crippen molar-refractivity contribution in [3.63, 3.8) is 0 Å². The van der Waals surface area contributed by atoms with Crippen LogP contribution in [-0.4, -0.2) is 11.8 Å². The van der Waals surface area contributed by atoms with Gasteiger partial charge in [-0.2, -0.15) is 0 Å². The van der Waals surface area contributed by atoms with E-state index in [2.05, 4.69) is 40.2 Å². The fraction of sp³-hybridized carbons (Fsp3) is 0.161. The van der Waals surface area contributed by atoms with Gasteiger partial charge in [0.1, 0.15) is 11.5 Å². The van der Waals surface area contributed by atoms with Gasteiger partial charge in [0.15, 0.2) is 0 Å². The molecule has 4 aromatic rings. The summed E-state index contributed by atoms with van der Waals surface area (Å²) in [6.45, 7) is 2.01. The van der Waals surface area contributed by atoms with Crippen molar-refractivity contribution < 1.29 is 14.3 Å². The number of imide groups is 1. The summed E-state index contributed by atoms with van der Waals surface area (Å²) in [6, 6.07) is 31.4. The van der Waals surface area contributed by atoms with Crippen molar-refractivity contribution in [1.29, 1.82) is 0 Å². The van der Waals surface area contributed by atoms with E-state index in [4.69, 9.17) is 4.74 Å². The van der Waals surface area contributed by atoms with Crippen LogP contribution < -0.4 is 9.64 Å². The summed E-state index contributed by atoms with van der Waals surface area (Å²) in [7, 11) is 0. The number of rotatable bonds is 3. The Morgan fingerprint density at radius 3 is 2.03 bits per heavy atom. The molecule has 5 heteroatoms. The van der Waals surface area contributed by atoms with Crippen LogP contribution in [0.1, 0.15) is 33.7 Å². The SMILES string of the molecule is Cc1cccc(Oc2ccc(N3C(=O)C4C5c6ccccc6C(Br)(c6ccccc65)C4C3=O)cc2)c1. The van der Waals surface area contributed by atoms with Crippen LogP contribution in [0.3, 0.4) is 0 Å². The molecule has 4 aromatic carbocycles. The van der Waals surface area contributed by atoms with Gasteiger partial charge in [-0.05, 0) is 71.1 Å². The molecule has 3 aliphatic carbocycles. The van der Waals surface area contributed by atoms with Gasteiger partial charge in [0.05, 0.1) is 21.8 Å². The predicted molar refractivity (Wildman–Crippen MR) is 142 cm³/mol. The van der Waals surface area contributed by atoms with Gasteiger partial charge in [0.2, 0.25) is 11.8 Å². The number of nitrogens with zero attached hydrogens (tertiary/aromatic N) is 1. The molecular weight excluding hydrogens is 514 g/mol. The Morgan fingerprint density at radius 2 is 1.39 bits per heavy atom. The summed E-state index contributed by atoms with van der Waals surface area (Å²) in [5, 5.41) is 0. The molecular formula is C31H22BrNO3. The lowest BCUT2D eigenvalue weighted by Crippen LogP contribution is -2.50. The number of aryl methyl sites for hydroxylation is 1. The number of anilines is 1. The Labute approximate surface area is 217 Å². The van der Waals surface area contributed by atoms with Crippen LogP contribution in [0.2, 0.25) is 0 Å². The van der Waals surface area contributed by atoms with Crippen LogP contribution >= 0.6 is 15.9 Å². The fourth-order valence-electron chi connectivity index (χ4n) is 6.41. The lowest BCUT2D eigenvalue weighted by atomic mass is 9.55. The third-order valence-corrected chi connectivity index (χ3v) is 9.18. The highest BCUT2D eigenvalue weighted by molar-refractivity contribution is 9.09. The molecule has 1 fully saturated rings. The van der Waals surface area contributed by atoms with Crippen LogP contribution in [0, 0.1) is 18.8 Å². The summed E-state index contributed by atoms with van der Waals surface area (Å²) < 4.78 is 5.23. The first-order valence-corrected chi connectivity index (χ1v) is 12.9. The largest absolute Gasteiger partial charge is 0.457 e. The highest BCUT2D eigenvalue weighted by Crippen LogP contribution is 2.66. The molecule has 4 aliphatic rings. The van der Waals surface area contributed by atoms with E-state index in [-0.39, 0.29) is 17.7 Å². The molecule has 2 unspecified atom stereocenters. The zero-order chi connectivity index (χ0) is 24.6. The number of benzene rings is 4. The number of carbonyl (C=O) groups is 2. The van der Waals surface area contributed by atoms with Gasteiger partial charge in [0.25, 0.3) is 0 Å². The normalized spacial score (nSPS) is 25.4. The monoisotopic (exact) mass is 535 g/mol. The van der Waals surface area contributed by atoms with E-state index >= 15 is 0 Å². The quantitative estimate of drug-likeness (QED) is 0.217. The van der Waals surface area contributed by atoms with Crippen LogP contribution in [0.15, 0.2) is 97.1 Å². The van der Waals surface area contributed by atoms with Crippen LogP contribution in [0.4, 0.5) is 5.69 Å². The zero-order valence-corrected chi connectivity index (χ0v) is 21.1. The summed E-state index contributed by atoms with van der Waals surface area (Å²) in [6.07, 6.45) is 0. The van der Waals surface area contributed by atoms with E-state index in [9.17, 15) is 9.59 Å². The first-order chi connectivity index (χ1) is 17.5. The van der Waals surface area contributed by atoms with Gasteiger partial charge in [0, 0.05) is 5.92 Å². The van der Waals surface area contributed by atoms with Gasteiger partial charge in [-0.25, -0.2) is 4.90 Å². The maximum Gasteiger partial charge on any atom is 0.239 e. The van der Waals surface area contributed by atoms with Crippen molar-refractivity contribution in [2.45, 2.75) is 17.2 Å². The zero-order valence-electron chi connectivity index (χ0n) is 19.5. The second-order valence-electron chi connectivity index (χ2n) is 9.79. The Hall–Kier alpha value is -3.70. The summed E-state index contributed by atoms with van der Waals surface area (Å²) in [4.78, 5) is 29.4. The Bertz CT molecular complexity index is 1510. The highest BCUT2D eigenvalue weighted by atomic mass is 79.9. The number of hydrogen-bond donors (Lipinski definition) is 0. The van der Waals surface area contributed by atoms with Crippen molar-refractivity contribution in [1.82, 2.24) is 0 Å². The summed E-state index contributed by atoms with van der Waals surface area (Å²) in [5.74, 6) is -0.0216. The summed E-state index contributed by atoms with van der Waals surface area (Å²) in [5.41, 5.74) is 6.10. The molecule has 2 amide bonds. The van der Waals surface area contributed by atoms with E-state index in [1.807, 2.05) is 67.6 Å². The van der Waals surface area contributed by atoms with Gasteiger partial charge < -0.3 is 4.74 Å². The second kappa shape index (κ2) is 7.65. The lowest BCUT2D eigenvalue weighted by Gasteiger charge is -2.51. The van der Waals surface area contributed by atoms with E-state index in [1.54, 1.807) is 12.1 Å². The number of hydrogen-bond acceptors (Lipinski definition) is 3. The molecule has 0 spiro atoms. The van der Waals surface area contributed by atoms with E-state index in [0.29, 0.717) is 11.4 Å². The van der Waals surface area contributed by atoms with Crippen molar-refractivity contribution in [3.05, 3.63) is 125 Å². The molecule has 0 saturated carbocycles. The smallest absolute Gasteiger partial charge is 0.239 e. The Balaban J connectivity index is 1.29. The number of ether oxygens (including phenoxy) is 1. The number of halogens is 1. The second-order valence-corrected chi connectivity index (χ2v) is 11.0. The van der Waals surface area contributed by atoms with Crippen molar-refractivity contribution in [2.24, 2.45) is 11.8 Å². The number of alkyl halides is 1. The van der Waals surface area contributed by atoms with E-state index in [1.165, 1.54) is 4.90 Å². The van der Waals surface area contributed by atoms with Crippen molar-refractivity contribution >= 4 is 33.4 Å². The Morgan fingerprint density at radius 1 is 0.750 bits per heavy atom. The van der Waals surface area contributed by atoms with Gasteiger partial charge in [-0.1, -0.05) is 76.6 Å². The molecule has 1 heterocycles. The third kappa shape index (κ3) is 2.80. The molecule has 0 aromatic heterocycles. The average molecular weight is 536 g/mol. The van der Waals surface area contributed by atoms with E-state index < -0.39 is 16.2 Å². The molecule has 4 nitrogen and oxygen atoms in total. The third-order valence-electron chi connectivity index (χ3n) is 7.83. The topological polar surface area (TPSA) is 46.6 Å². The molecule has 1 saturated heterocycles. The predicted octanol–water partition coefficient (Wildman–Crippen LogP) is 6.69. The molecule has 36 heavy (non-hydrogen) atoms. The molecule has 2 atom stereocenters. The maximum absolute atomic E-state index is 14.0. The summed E-state index contributed by atoms with van der Waals surface area (Å²) >= 11 is 4.04. The van der Waals surface area contributed by atoms with Gasteiger partial charge in [-0.15, -0.1) is 0 Å². The minimum Gasteiger partial charge on any atom is -0.457 e. The van der Waals surface area contributed by atoms with Crippen LogP contribution in [0.25, 0.3) is 0 Å². The molecule has 176 valence electrons. The lowest BCUT2D eigenvalue weighted by molar-refractivity contribution is -0.122. The van der Waals surface area contributed by atoms with Gasteiger partial charge in [-0.3, -0.25) is 9.59 Å². The molecule has 0 radical (unpaired) electrons. The fourth-order valence-corrected chi connectivity index (χ4v) is 7.61. The van der Waals surface area contributed by atoms with Crippen molar-refractivity contribution in [2.75, 3.05) is 4.90 Å². The average Bonchev–Trinajstić information content (AvgIpc) is 3.16. The number of amides is 2. The minimum absolute atomic E-state index is 0.143. The van der Waals surface area contributed by atoms with Crippen LogP contribution in [0.5, 0.6) is 11.5 Å². The highest BCUT2D eigenvalue weighted by Gasteiger charge is 2.67. The Kier molecular flexibility index (Phi) is 4.58. The standard InChI is InChI=1S/C31H22BrNO3/c1-18-7-6-8-21(17-18)36-20-15-13-19(14-16-20)33-29(34)27-26-22-9-2-4-11-24(22)31(32,28(27)30(33)35)25-12-5-3-10-23(25)26/h2-17,26-28H,1H3. The first kappa shape index (κ1) is 21.6. The van der Waals surface area contributed by atoms with Gasteiger partial charge >= 0.3 is 0 Å².